The summed E-state index contributed by atoms with van der Waals surface area (Å²) in [6.07, 6.45) is 2.44. The van der Waals surface area contributed by atoms with Crippen molar-refractivity contribution in [3.63, 3.8) is 0 Å². The fraction of sp³-hybridized carbons (Fsp3) is 0.385. The van der Waals surface area contributed by atoms with Gasteiger partial charge < -0.3 is 4.90 Å². The number of nitrogens with zero attached hydrogens (tertiary/aromatic N) is 3. The van der Waals surface area contributed by atoms with E-state index in [0.29, 0.717) is 17.1 Å². The number of anilines is 1. The van der Waals surface area contributed by atoms with Crippen LogP contribution in [0, 0.1) is 0 Å². The van der Waals surface area contributed by atoms with E-state index in [1.807, 2.05) is 7.05 Å². The molecular formula is C13H15Cl2N3S. The number of hydrogen-bond donors (Lipinski definition) is 0. The molecule has 0 aliphatic heterocycles. The molecule has 0 spiro atoms. The Hall–Kier alpha value is -0.840. The van der Waals surface area contributed by atoms with Gasteiger partial charge in [0.15, 0.2) is 0 Å². The molecule has 3 nitrogen and oxygen atoms in total. The molecular weight excluding hydrogens is 301 g/mol. The largest absolute Gasteiger partial charge is 0.356 e. The molecule has 0 N–H and O–H groups in total. The molecule has 2 aromatic rings. The normalized spacial score (nSPS) is 12.4. The first-order valence-corrected chi connectivity index (χ1v) is 7.73. The highest BCUT2D eigenvalue weighted by Crippen LogP contribution is 2.26. The summed E-state index contributed by atoms with van der Waals surface area (Å²) in [5.74, 6) is 1.12. The second kappa shape index (κ2) is 6.55. The number of thiophene rings is 1. The number of likely N-dealkylation sites (N-methyl/N-ethyl adjacent to an activating group) is 1. The molecule has 0 saturated carbocycles. The van der Waals surface area contributed by atoms with E-state index in [0.717, 1.165) is 17.8 Å². The van der Waals surface area contributed by atoms with Crippen molar-refractivity contribution in [2.45, 2.75) is 25.3 Å². The molecule has 2 aromatic heterocycles. The third-order valence-corrected chi connectivity index (χ3v) is 4.57. The van der Waals surface area contributed by atoms with Crippen molar-refractivity contribution in [2.24, 2.45) is 0 Å². The van der Waals surface area contributed by atoms with Crippen LogP contribution >= 0.6 is 34.5 Å². The second-order valence-electron chi connectivity index (χ2n) is 4.34. The monoisotopic (exact) mass is 315 g/mol. The molecule has 0 radical (unpaired) electrons. The lowest BCUT2D eigenvalue weighted by Crippen LogP contribution is -2.32. The van der Waals surface area contributed by atoms with Crippen LogP contribution in [-0.4, -0.2) is 23.1 Å². The Morgan fingerprint density at radius 2 is 2.21 bits per heavy atom. The maximum absolute atomic E-state index is 6.06. The minimum atomic E-state index is 0.311. The summed E-state index contributed by atoms with van der Waals surface area (Å²) in [7, 11) is 2.01. The van der Waals surface area contributed by atoms with Gasteiger partial charge >= 0.3 is 0 Å². The highest BCUT2D eigenvalue weighted by molar-refractivity contribution is 7.09. The van der Waals surface area contributed by atoms with E-state index in [1.165, 1.54) is 11.2 Å². The number of hydrogen-bond acceptors (Lipinski definition) is 4. The van der Waals surface area contributed by atoms with Gasteiger partial charge in [-0.15, -0.1) is 22.9 Å². The average molecular weight is 316 g/mol. The summed E-state index contributed by atoms with van der Waals surface area (Å²) in [5, 5.41) is 2.52. The van der Waals surface area contributed by atoms with Crippen LogP contribution in [0.4, 0.5) is 5.82 Å². The second-order valence-corrected chi connectivity index (χ2v) is 6.00. The standard InChI is InChI=1S/C13H15Cl2N3S/c1-9(6-10-4-3-5-19-10)18(2)13-11(7-14)12(15)16-8-17-13/h3-5,8-9H,6-7H2,1-2H3. The van der Waals surface area contributed by atoms with Gasteiger partial charge in [-0.2, -0.15) is 0 Å². The van der Waals surface area contributed by atoms with E-state index in [-0.39, 0.29) is 0 Å². The Morgan fingerprint density at radius 3 is 2.84 bits per heavy atom. The molecule has 0 aliphatic rings. The van der Waals surface area contributed by atoms with Crippen LogP contribution in [0.25, 0.3) is 0 Å². The first-order chi connectivity index (χ1) is 9.13. The first kappa shape index (κ1) is 14.6. The van der Waals surface area contributed by atoms with Crippen molar-refractivity contribution >= 4 is 40.4 Å². The lowest BCUT2D eigenvalue weighted by molar-refractivity contribution is 0.676. The SMILES string of the molecule is CC(Cc1cccs1)N(C)c1ncnc(Cl)c1CCl. The summed E-state index contributed by atoms with van der Waals surface area (Å²) in [6, 6.07) is 4.52. The van der Waals surface area contributed by atoms with Crippen molar-refractivity contribution in [1.82, 2.24) is 9.97 Å². The van der Waals surface area contributed by atoms with Crippen LogP contribution in [0.5, 0.6) is 0 Å². The summed E-state index contributed by atoms with van der Waals surface area (Å²) in [6.45, 7) is 2.16. The molecule has 19 heavy (non-hydrogen) atoms. The van der Waals surface area contributed by atoms with Crippen LogP contribution in [0.3, 0.4) is 0 Å². The quantitative estimate of drug-likeness (QED) is 0.617. The van der Waals surface area contributed by atoms with Crippen molar-refractivity contribution in [3.8, 4) is 0 Å². The number of alkyl halides is 1. The topological polar surface area (TPSA) is 29.0 Å². The van der Waals surface area contributed by atoms with Crippen LogP contribution < -0.4 is 4.90 Å². The van der Waals surface area contributed by atoms with Gasteiger partial charge in [-0.05, 0) is 18.4 Å². The number of halogens is 2. The lowest BCUT2D eigenvalue weighted by Gasteiger charge is -2.27. The summed E-state index contributed by atoms with van der Waals surface area (Å²) >= 11 is 13.8. The highest BCUT2D eigenvalue weighted by Gasteiger charge is 2.17. The molecule has 0 saturated heterocycles. The third-order valence-electron chi connectivity index (χ3n) is 3.08. The molecule has 0 fully saturated rings. The van der Waals surface area contributed by atoms with Crippen LogP contribution in [0.2, 0.25) is 5.15 Å². The molecule has 102 valence electrons. The Bertz CT molecular complexity index is 531. The van der Waals surface area contributed by atoms with Gasteiger partial charge in [-0.25, -0.2) is 9.97 Å². The number of aromatic nitrogens is 2. The van der Waals surface area contributed by atoms with Crippen LogP contribution in [0.1, 0.15) is 17.4 Å². The lowest BCUT2D eigenvalue weighted by atomic mass is 10.1. The zero-order valence-corrected chi connectivity index (χ0v) is 13.1. The maximum atomic E-state index is 6.06. The van der Waals surface area contributed by atoms with Gasteiger partial charge in [0.1, 0.15) is 17.3 Å². The Morgan fingerprint density at radius 1 is 1.42 bits per heavy atom. The molecule has 2 heterocycles. The Balaban J connectivity index is 2.19. The number of rotatable bonds is 5. The minimum absolute atomic E-state index is 0.311. The van der Waals surface area contributed by atoms with Gasteiger partial charge in [0.05, 0.1) is 5.88 Å². The summed E-state index contributed by atoms with van der Waals surface area (Å²) < 4.78 is 0. The van der Waals surface area contributed by atoms with Gasteiger partial charge in [-0.3, -0.25) is 0 Å². The van der Waals surface area contributed by atoms with E-state index >= 15 is 0 Å². The van der Waals surface area contributed by atoms with E-state index in [2.05, 4.69) is 39.3 Å². The van der Waals surface area contributed by atoms with Crippen molar-refractivity contribution in [2.75, 3.05) is 11.9 Å². The van der Waals surface area contributed by atoms with E-state index in [1.54, 1.807) is 11.3 Å². The van der Waals surface area contributed by atoms with Crippen molar-refractivity contribution in [1.29, 1.82) is 0 Å². The van der Waals surface area contributed by atoms with Gasteiger partial charge in [-0.1, -0.05) is 17.7 Å². The predicted octanol–water partition coefficient (Wildman–Crippen LogP) is 4.00. The minimum Gasteiger partial charge on any atom is -0.356 e. The molecule has 0 aromatic carbocycles. The van der Waals surface area contributed by atoms with Gasteiger partial charge in [0.25, 0.3) is 0 Å². The van der Waals surface area contributed by atoms with Crippen molar-refractivity contribution < 1.29 is 0 Å². The molecule has 0 amide bonds. The summed E-state index contributed by atoms with van der Waals surface area (Å²) in [5.41, 5.74) is 0.784. The molecule has 2 rings (SSSR count). The third kappa shape index (κ3) is 3.38. The van der Waals surface area contributed by atoms with Gasteiger partial charge in [0, 0.05) is 30.0 Å². The fourth-order valence-electron chi connectivity index (χ4n) is 1.87. The zero-order valence-electron chi connectivity index (χ0n) is 10.8. The van der Waals surface area contributed by atoms with Crippen LogP contribution in [0.15, 0.2) is 23.8 Å². The van der Waals surface area contributed by atoms with E-state index in [9.17, 15) is 0 Å². The van der Waals surface area contributed by atoms with E-state index in [4.69, 9.17) is 23.2 Å². The van der Waals surface area contributed by atoms with Crippen LogP contribution in [-0.2, 0) is 12.3 Å². The Labute approximate surface area is 127 Å². The molecule has 0 bridgehead atoms. The van der Waals surface area contributed by atoms with Gasteiger partial charge in [0.2, 0.25) is 0 Å². The smallest absolute Gasteiger partial charge is 0.138 e. The first-order valence-electron chi connectivity index (χ1n) is 5.94. The maximum Gasteiger partial charge on any atom is 0.138 e. The molecule has 0 aliphatic carbocycles. The highest BCUT2D eigenvalue weighted by atomic mass is 35.5. The molecule has 1 atom stereocenters. The zero-order chi connectivity index (χ0) is 13.8. The van der Waals surface area contributed by atoms with Crippen molar-refractivity contribution in [3.05, 3.63) is 39.4 Å². The Kier molecular flexibility index (Phi) is 5.02. The average Bonchev–Trinajstić information content (AvgIpc) is 2.90. The molecule has 1 unspecified atom stereocenters. The summed E-state index contributed by atoms with van der Waals surface area (Å²) in [4.78, 5) is 11.7. The predicted molar refractivity (Wildman–Crippen MR) is 82.5 cm³/mol. The molecule has 6 heteroatoms. The fourth-order valence-corrected chi connectivity index (χ4v) is 3.20. The van der Waals surface area contributed by atoms with E-state index < -0.39 is 0 Å².